The minimum Gasteiger partial charge on any atom is -0.459 e. The van der Waals surface area contributed by atoms with Crippen LogP contribution in [0.3, 0.4) is 0 Å². The lowest BCUT2D eigenvalue weighted by Crippen LogP contribution is -2.45. The first-order valence-corrected chi connectivity index (χ1v) is 8.65. The van der Waals surface area contributed by atoms with Gasteiger partial charge in [0.15, 0.2) is 0 Å². The lowest BCUT2D eigenvalue weighted by molar-refractivity contribution is -0.147. The van der Waals surface area contributed by atoms with Gasteiger partial charge >= 0.3 is 5.97 Å². The van der Waals surface area contributed by atoms with E-state index in [0.29, 0.717) is 12.3 Å². The molecule has 0 radical (unpaired) electrons. The summed E-state index contributed by atoms with van der Waals surface area (Å²) in [6, 6.07) is 0. The number of β-lactam (4-membered cyclic amide) rings is 1. The van der Waals surface area contributed by atoms with E-state index in [9.17, 15) is 9.59 Å². The molecule has 2 aliphatic rings. The zero-order valence-electron chi connectivity index (χ0n) is 13.1. The van der Waals surface area contributed by atoms with Crippen LogP contribution in [-0.2, 0) is 14.3 Å². The van der Waals surface area contributed by atoms with Gasteiger partial charge in [-0.1, -0.05) is 20.8 Å². The smallest absolute Gasteiger partial charge is 0.331 e. The molecular formula is C16H25NO3S. The number of thioether (sulfide) groups is 1. The van der Waals surface area contributed by atoms with Crippen LogP contribution in [-0.4, -0.2) is 23.4 Å². The molecule has 21 heavy (non-hydrogen) atoms. The molecule has 1 amide bonds. The molecule has 1 heterocycles. The molecule has 1 saturated carbocycles. The Kier molecular flexibility index (Phi) is 5.36. The molecule has 5 heteroatoms. The first kappa shape index (κ1) is 16.4. The van der Waals surface area contributed by atoms with E-state index in [4.69, 9.17) is 4.74 Å². The molecule has 2 unspecified atom stereocenters. The van der Waals surface area contributed by atoms with E-state index in [1.165, 1.54) is 24.3 Å². The summed E-state index contributed by atoms with van der Waals surface area (Å²) < 4.78 is 5.57. The van der Waals surface area contributed by atoms with Crippen LogP contribution in [0.4, 0.5) is 0 Å². The van der Waals surface area contributed by atoms with Crippen LogP contribution in [0.2, 0.25) is 0 Å². The first-order valence-electron chi connectivity index (χ1n) is 7.71. The van der Waals surface area contributed by atoms with Gasteiger partial charge in [-0.25, -0.2) is 4.79 Å². The molecule has 1 aliphatic carbocycles. The quantitative estimate of drug-likeness (QED) is 0.481. The monoisotopic (exact) mass is 311 g/mol. The third kappa shape index (κ3) is 4.50. The van der Waals surface area contributed by atoms with Crippen molar-refractivity contribution in [3.63, 3.8) is 0 Å². The summed E-state index contributed by atoms with van der Waals surface area (Å²) in [5.41, 5.74) is 0.276. The Labute approximate surface area is 131 Å². The van der Waals surface area contributed by atoms with Crippen molar-refractivity contribution < 1.29 is 14.3 Å². The Morgan fingerprint density at radius 2 is 2.24 bits per heavy atom. The summed E-state index contributed by atoms with van der Waals surface area (Å²) in [6.07, 6.45) is 6.29. The normalized spacial score (nSPS) is 32.9. The van der Waals surface area contributed by atoms with Crippen molar-refractivity contribution in [3.8, 4) is 0 Å². The van der Waals surface area contributed by atoms with E-state index in [2.05, 4.69) is 26.1 Å². The lowest BCUT2D eigenvalue weighted by Gasteiger charge is -2.40. The maximum absolute atomic E-state index is 11.8. The summed E-state index contributed by atoms with van der Waals surface area (Å²) in [4.78, 5) is 22.6. The van der Waals surface area contributed by atoms with Gasteiger partial charge in [0.1, 0.15) is 6.10 Å². The topological polar surface area (TPSA) is 55.4 Å². The van der Waals surface area contributed by atoms with Crippen molar-refractivity contribution >= 4 is 23.6 Å². The maximum Gasteiger partial charge on any atom is 0.331 e. The number of ether oxygens (including phenoxy) is 1. The molecule has 1 N–H and O–H groups in total. The van der Waals surface area contributed by atoms with Gasteiger partial charge in [-0.2, -0.15) is 0 Å². The molecule has 0 aromatic rings. The Hall–Kier alpha value is -0.970. The second-order valence-electron chi connectivity index (χ2n) is 6.66. The first-order chi connectivity index (χ1) is 9.89. The highest BCUT2D eigenvalue weighted by Gasteiger charge is 2.36. The lowest BCUT2D eigenvalue weighted by atomic mass is 9.67. The van der Waals surface area contributed by atoms with E-state index in [1.54, 1.807) is 5.41 Å². The van der Waals surface area contributed by atoms with Gasteiger partial charge in [-0.15, -0.1) is 11.8 Å². The van der Waals surface area contributed by atoms with Crippen molar-refractivity contribution in [1.82, 2.24) is 5.32 Å². The predicted octanol–water partition coefficient (Wildman–Crippen LogP) is 3.23. The van der Waals surface area contributed by atoms with Gasteiger partial charge in [0.05, 0.1) is 11.8 Å². The van der Waals surface area contributed by atoms with Gasteiger partial charge in [0, 0.05) is 6.08 Å². The molecule has 0 bridgehead atoms. The number of rotatable bonds is 5. The standard InChI is InChI=1S/C16H25NO3S/c1-11(2)16(3)7-4-5-12(10-16)20-15(19)6-8-21-14-9-13(18)17-14/h6,8,11-12,14H,4-5,7,9-10H2,1-3H3,(H,17,18)/t12?,14-,16?/m0/s1. The van der Waals surface area contributed by atoms with Crippen LogP contribution >= 0.6 is 11.8 Å². The van der Waals surface area contributed by atoms with Crippen molar-refractivity contribution in [2.75, 3.05) is 0 Å². The molecule has 4 nitrogen and oxygen atoms in total. The molecular weight excluding hydrogens is 286 g/mol. The highest BCUT2D eigenvalue weighted by molar-refractivity contribution is 8.02. The van der Waals surface area contributed by atoms with Gasteiger partial charge in [0.25, 0.3) is 0 Å². The zero-order chi connectivity index (χ0) is 15.5. The van der Waals surface area contributed by atoms with Gasteiger partial charge < -0.3 is 10.1 Å². The summed E-state index contributed by atoms with van der Waals surface area (Å²) in [7, 11) is 0. The number of hydrogen-bond acceptors (Lipinski definition) is 4. The minimum absolute atomic E-state index is 0.0386. The van der Waals surface area contributed by atoms with Crippen LogP contribution in [0.15, 0.2) is 11.5 Å². The van der Waals surface area contributed by atoms with Crippen molar-refractivity contribution in [1.29, 1.82) is 0 Å². The molecule has 2 rings (SSSR count). The Morgan fingerprint density at radius 3 is 2.86 bits per heavy atom. The molecule has 0 aromatic carbocycles. The van der Waals surface area contributed by atoms with Crippen LogP contribution in [0.1, 0.15) is 52.9 Å². The number of carbonyl (C=O) groups is 2. The van der Waals surface area contributed by atoms with Gasteiger partial charge in [-0.05, 0) is 42.4 Å². The summed E-state index contributed by atoms with van der Waals surface area (Å²) >= 11 is 1.45. The van der Waals surface area contributed by atoms with Crippen molar-refractivity contribution in [2.24, 2.45) is 11.3 Å². The third-order valence-corrected chi connectivity index (χ3v) is 5.69. The summed E-state index contributed by atoms with van der Waals surface area (Å²) in [5.74, 6) is 0.400. The van der Waals surface area contributed by atoms with E-state index >= 15 is 0 Å². The van der Waals surface area contributed by atoms with Gasteiger partial charge in [0.2, 0.25) is 5.91 Å². The Balaban J connectivity index is 1.74. The van der Waals surface area contributed by atoms with Crippen molar-refractivity contribution in [2.45, 2.75) is 64.4 Å². The average molecular weight is 311 g/mol. The average Bonchev–Trinajstić information content (AvgIpc) is 2.36. The summed E-state index contributed by atoms with van der Waals surface area (Å²) in [6.45, 7) is 6.78. The molecule has 3 atom stereocenters. The predicted molar refractivity (Wildman–Crippen MR) is 84.6 cm³/mol. The molecule has 1 saturated heterocycles. The SMILES string of the molecule is CC(C)C1(C)CCCC(OC(=O)C=CS[C@H]2CC(=O)N2)C1. The fraction of sp³-hybridized carbons (Fsp3) is 0.750. The largest absolute Gasteiger partial charge is 0.459 e. The summed E-state index contributed by atoms with van der Waals surface area (Å²) in [5, 5.41) is 4.57. The molecule has 0 aromatic heterocycles. The van der Waals surface area contributed by atoms with E-state index in [-0.39, 0.29) is 28.8 Å². The fourth-order valence-electron chi connectivity index (χ4n) is 2.88. The number of esters is 1. The Bertz CT molecular complexity index is 427. The number of amides is 1. The molecule has 1 aliphatic heterocycles. The maximum atomic E-state index is 11.8. The Morgan fingerprint density at radius 1 is 1.52 bits per heavy atom. The minimum atomic E-state index is -0.272. The number of nitrogens with one attached hydrogen (secondary N) is 1. The van der Waals surface area contributed by atoms with E-state index in [1.807, 2.05) is 0 Å². The molecule has 2 fully saturated rings. The second-order valence-corrected chi connectivity index (χ2v) is 7.78. The highest BCUT2D eigenvalue weighted by Crippen LogP contribution is 2.42. The van der Waals surface area contributed by atoms with Crippen LogP contribution < -0.4 is 5.32 Å². The van der Waals surface area contributed by atoms with Gasteiger partial charge in [-0.3, -0.25) is 4.79 Å². The highest BCUT2D eigenvalue weighted by atomic mass is 32.2. The number of carbonyl (C=O) groups excluding carboxylic acids is 2. The van der Waals surface area contributed by atoms with Crippen LogP contribution in [0.25, 0.3) is 0 Å². The van der Waals surface area contributed by atoms with E-state index in [0.717, 1.165) is 19.3 Å². The van der Waals surface area contributed by atoms with E-state index < -0.39 is 0 Å². The molecule has 118 valence electrons. The second kappa shape index (κ2) is 6.86. The number of hydrogen-bond donors (Lipinski definition) is 1. The zero-order valence-corrected chi connectivity index (χ0v) is 13.9. The molecule has 0 spiro atoms. The van der Waals surface area contributed by atoms with Crippen LogP contribution in [0, 0.1) is 11.3 Å². The van der Waals surface area contributed by atoms with Crippen molar-refractivity contribution in [3.05, 3.63) is 11.5 Å². The third-order valence-electron chi connectivity index (χ3n) is 4.78. The van der Waals surface area contributed by atoms with Crippen LogP contribution in [0.5, 0.6) is 0 Å². The fourth-order valence-corrected chi connectivity index (χ4v) is 3.71.